The van der Waals surface area contributed by atoms with E-state index in [0.29, 0.717) is 16.8 Å². The van der Waals surface area contributed by atoms with E-state index in [-0.39, 0.29) is 5.91 Å². The van der Waals surface area contributed by atoms with Crippen LogP contribution in [0.5, 0.6) is 0 Å². The summed E-state index contributed by atoms with van der Waals surface area (Å²) in [6.45, 7) is 2.01. The second-order valence-corrected chi connectivity index (χ2v) is 6.18. The number of hydrogen-bond donors (Lipinski definition) is 1. The van der Waals surface area contributed by atoms with Gasteiger partial charge in [0.15, 0.2) is 0 Å². The highest BCUT2D eigenvalue weighted by Crippen LogP contribution is 2.23. The largest absolute Gasteiger partial charge is 0.346 e. The molecular formula is C17H17BrClNO. The molecule has 1 unspecified atom stereocenters. The number of benzene rings is 2. The smallest absolute Gasteiger partial charge is 0.225 e. The minimum atomic E-state index is -0.426. The van der Waals surface area contributed by atoms with Crippen molar-refractivity contribution in [1.82, 2.24) is 5.32 Å². The molecular weight excluding hydrogens is 350 g/mol. The van der Waals surface area contributed by atoms with Gasteiger partial charge in [0.25, 0.3) is 0 Å². The molecule has 1 amide bonds. The Bertz CT molecular complexity index is 600. The van der Waals surface area contributed by atoms with Gasteiger partial charge in [-0.05, 0) is 30.2 Å². The molecule has 2 aromatic carbocycles. The highest BCUT2D eigenvalue weighted by molar-refractivity contribution is 9.09. The summed E-state index contributed by atoms with van der Waals surface area (Å²) in [6.07, 6.45) is 0.340. The van der Waals surface area contributed by atoms with Crippen molar-refractivity contribution < 1.29 is 4.79 Å². The molecule has 0 aliphatic heterocycles. The first-order valence-electron chi connectivity index (χ1n) is 6.70. The van der Waals surface area contributed by atoms with Gasteiger partial charge in [-0.15, -0.1) is 0 Å². The Kier molecular flexibility index (Phi) is 5.43. The van der Waals surface area contributed by atoms with E-state index in [2.05, 4.69) is 21.2 Å². The van der Waals surface area contributed by atoms with Crippen molar-refractivity contribution in [3.05, 3.63) is 70.7 Å². The zero-order valence-corrected chi connectivity index (χ0v) is 14.1. The highest BCUT2D eigenvalue weighted by atomic mass is 79.9. The lowest BCUT2D eigenvalue weighted by Gasteiger charge is -2.29. The van der Waals surface area contributed by atoms with Crippen LogP contribution in [0.2, 0.25) is 5.02 Å². The van der Waals surface area contributed by atoms with Crippen LogP contribution in [-0.2, 0) is 16.8 Å². The van der Waals surface area contributed by atoms with Gasteiger partial charge in [0.2, 0.25) is 5.91 Å². The molecule has 0 spiro atoms. The van der Waals surface area contributed by atoms with Gasteiger partial charge in [0.05, 0.1) is 12.0 Å². The Morgan fingerprint density at radius 3 is 2.33 bits per heavy atom. The molecule has 0 aliphatic carbocycles. The molecule has 0 fully saturated rings. The fourth-order valence-corrected chi connectivity index (χ4v) is 2.72. The van der Waals surface area contributed by atoms with Gasteiger partial charge in [-0.3, -0.25) is 4.79 Å². The molecule has 0 saturated carbocycles. The van der Waals surface area contributed by atoms with Crippen molar-refractivity contribution in [2.24, 2.45) is 0 Å². The molecule has 0 aliphatic rings. The second-order valence-electron chi connectivity index (χ2n) is 5.18. The number of halogens is 2. The van der Waals surface area contributed by atoms with Gasteiger partial charge in [0.1, 0.15) is 0 Å². The Morgan fingerprint density at radius 2 is 1.76 bits per heavy atom. The average molecular weight is 367 g/mol. The highest BCUT2D eigenvalue weighted by Gasteiger charge is 2.27. The van der Waals surface area contributed by atoms with Gasteiger partial charge in [-0.2, -0.15) is 0 Å². The van der Waals surface area contributed by atoms with Crippen LogP contribution in [0.1, 0.15) is 18.1 Å². The van der Waals surface area contributed by atoms with Gasteiger partial charge in [-0.1, -0.05) is 70.0 Å². The van der Waals surface area contributed by atoms with Crippen molar-refractivity contribution in [1.29, 1.82) is 0 Å². The van der Waals surface area contributed by atoms with E-state index in [1.54, 1.807) is 12.1 Å². The number of amides is 1. The number of alkyl halides is 1. The zero-order chi connectivity index (χ0) is 15.3. The summed E-state index contributed by atoms with van der Waals surface area (Å²) in [5, 5.41) is 4.43. The lowest BCUT2D eigenvalue weighted by molar-refractivity contribution is -0.122. The summed E-state index contributed by atoms with van der Waals surface area (Å²) >= 11 is 9.35. The number of hydrogen-bond acceptors (Lipinski definition) is 1. The van der Waals surface area contributed by atoms with Crippen LogP contribution in [0.4, 0.5) is 0 Å². The predicted octanol–water partition coefficient (Wildman–Crippen LogP) is 4.31. The summed E-state index contributed by atoms with van der Waals surface area (Å²) in [4.78, 5) is 12.3. The number of carbonyl (C=O) groups excluding carboxylic acids is 1. The van der Waals surface area contributed by atoms with Gasteiger partial charge in [0, 0.05) is 10.4 Å². The van der Waals surface area contributed by atoms with Crippen molar-refractivity contribution in [2.75, 3.05) is 5.33 Å². The molecule has 1 N–H and O–H groups in total. The minimum Gasteiger partial charge on any atom is -0.346 e. The van der Waals surface area contributed by atoms with Gasteiger partial charge in [-0.25, -0.2) is 0 Å². The fraction of sp³-hybridized carbons (Fsp3) is 0.235. The molecule has 2 nitrogen and oxygen atoms in total. The van der Waals surface area contributed by atoms with Crippen molar-refractivity contribution in [3.8, 4) is 0 Å². The van der Waals surface area contributed by atoms with E-state index >= 15 is 0 Å². The summed E-state index contributed by atoms with van der Waals surface area (Å²) in [5.41, 5.74) is 1.60. The Balaban J connectivity index is 2.08. The number of nitrogens with one attached hydrogen (secondary N) is 1. The number of rotatable bonds is 5. The maximum absolute atomic E-state index is 12.3. The van der Waals surface area contributed by atoms with Crippen molar-refractivity contribution in [3.63, 3.8) is 0 Å². The average Bonchev–Trinajstić information content (AvgIpc) is 2.50. The molecule has 0 radical (unpaired) electrons. The third kappa shape index (κ3) is 4.32. The molecule has 0 bridgehead atoms. The normalized spacial score (nSPS) is 13.5. The van der Waals surface area contributed by atoms with E-state index in [1.165, 1.54) is 0 Å². The van der Waals surface area contributed by atoms with E-state index in [9.17, 15) is 4.79 Å². The first-order chi connectivity index (χ1) is 10.0. The maximum atomic E-state index is 12.3. The quantitative estimate of drug-likeness (QED) is 0.785. The molecule has 0 saturated heterocycles. The lowest BCUT2D eigenvalue weighted by atomic mass is 9.94. The minimum absolute atomic E-state index is 0.0110. The van der Waals surface area contributed by atoms with Crippen LogP contribution in [0.15, 0.2) is 54.6 Å². The summed E-state index contributed by atoms with van der Waals surface area (Å²) < 4.78 is 0. The monoisotopic (exact) mass is 365 g/mol. The van der Waals surface area contributed by atoms with E-state index < -0.39 is 5.54 Å². The van der Waals surface area contributed by atoms with E-state index in [4.69, 9.17) is 11.6 Å². The van der Waals surface area contributed by atoms with Crippen LogP contribution >= 0.6 is 27.5 Å². The fourth-order valence-electron chi connectivity index (χ4n) is 2.13. The molecule has 21 heavy (non-hydrogen) atoms. The molecule has 2 rings (SSSR count). The van der Waals surface area contributed by atoms with Crippen LogP contribution < -0.4 is 5.32 Å². The lowest BCUT2D eigenvalue weighted by Crippen LogP contribution is -2.45. The molecule has 0 aromatic heterocycles. The van der Waals surface area contributed by atoms with Crippen LogP contribution in [-0.4, -0.2) is 11.2 Å². The topological polar surface area (TPSA) is 29.1 Å². The SMILES string of the molecule is CC(CBr)(NC(=O)Cc1ccc(Cl)cc1)c1ccccc1. The summed E-state index contributed by atoms with van der Waals surface area (Å²) in [5.74, 6) is -0.0110. The maximum Gasteiger partial charge on any atom is 0.225 e. The zero-order valence-electron chi connectivity index (χ0n) is 11.8. The van der Waals surface area contributed by atoms with Crippen LogP contribution in [0.3, 0.4) is 0 Å². The third-order valence-corrected chi connectivity index (χ3v) is 4.74. The first kappa shape index (κ1) is 16.1. The molecule has 1 atom stereocenters. The Labute approximate surface area is 138 Å². The predicted molar refractivity (Wildman–Crippen MR) is 90.9 cm³/mol. The van der Waals surface area contributed by atoms with Crippen LogP contribution in [0.25, 0.3) is 0 Å². The first-order valence-corrected chi connectivity index (χ1v) is 8.20. The molecule has 2 aromatic rings. The van der Waals surface area contributed by atoms with Gasteiger partial charge >= 0.3 is 0 Å². The molecule has 110 valence electrons. The molecule has 0 heterocycles. The van der Waals surface area contributed by atoms with E-state index in [1.807, 2.05) is 49.4 Å². The third-order valence-electron chi connectivity index (χ3n) is 3.37. The van der Waals surface area contributed by atoms with Crippen molar-refractivity contribution >= 4 is 33.4 Å². The van der Waals surface area contributed by atoms with E-state index in [0.717, 1.165) is 11.1 Å². The number of carbonyl (C=O) groups is 1. The summed E-state index contributed by atoms with van der Waals surface area (Å²) in [6, 6.07) is 17.3. The Morgan fingerprint density at radius 1 is 1.14 bits per heavy atom. The Hall–Kier alpha value is -1.32. The van der Waals surface area contributed by atoms with Crippen LogP contribution in [0, 0.1) is 0 Å². The van der Waals surface area contributed by atoms with Crippen molar-refractivity contribution in [2.45, 2.75) is 18.9 Å². The standard InChI is InChI=1S/C17H17BrClNO/c1-17(12-18,14-5-3-2-4-6-14)20-16(21)11-13-7-9-15(19)10-8-13/h2-10H,11-12H2,1H3,(H,20,21). The summed E-state index contributed by atoms with van der Waals surface area (Å²) in [7, 11) is 0. The molecule has 4 heteroatoms. The van der Waals surface area contributed by atoms with Gasteiger partial charge < -0.3 is 5.32 Å². The second kappa shape index (κ2) is 7.10.